The van der Waals surface area contributed by atoms with Gasteiger partial charge in [-0.1, -0.05) is 48.5 Å². The summed E-state index contributed by atoms with van der Waals surface area (Å²) in [7, 11) is 0. The molecule has 0 atom stereocenters. The Morgan fingerprint density at radius 2 is 0.812 bits per heavy atom. The molecule has 0 aliphatic rings. The lowest BCUT2D eigenvalue weighted by Crippen LogP contribution is -1.87. The van der Waals surface area contributed by atoms with Crippen LogP contribution in [0, 0.1) is 13.8 Å². The summed E-state index contributed by atoms with van der Waals surface area (Å²) in [5.41, 5.74) is 1.35. The van der Waals surface area contributed by atoms with Crippen LogP contribution in [0.3, 0.4) is 0 Å². The van der Waals surface area contributed by atoms with Crippen molar-refractivity contribution in [2.45, 2.75) is 0 Å². The van der Waals surface area contributed by atoms with E-state index < -0.39 is 0 Å². The van der Waals surface area contributed by atoms with E-state index in [-0.39, 0.29) is 0 Å². The van der Waals surface area contributed by atoms with Crippen molar-refractivity contribution in [2.24, 2.45) is 0 Å². The van der Waals surface area contributed by atoms with Crippen LogP contribution in [0.15, 0.2) is 48.5 Å². The third kappa shape index (κ3) is 1.16. The van der Waals surface area contributed by atoms with E-state index in [1.807, 2.05) is 36.4 Å². The highest BCUT2D eigenvalue weighted by Crippen LogP contribution is 2.31. The Bertz CT molecular complexity index is 617. The first-order chi connectivity index (χ1) is 7.79. The van der Waals surface area contributed by atoms with Gasteiger partial charge >= 0.3 is 0 Å². The fourth-order valence-corrected chi connectivity index (χ4v) is 2.20. The first kappa shape index (κ1) is 9.41. The van der Waals surface area contributed by atoms with Gasteiger partial charge in [-0.25, -0.2) is 0 Å². The van der Waals surface area contributed by atoms with Gasteiger partial charge in [-0.05, 0) is 46.5 Å². The van der Waals surface area contributed by atoms with E-state index in [0.29, 0.717) is 11.1 Å². The summed E-state index contributed by atoms with van der Waals surface area (Å²) in [5, 5.41) is 4.37. The number of rotatable bonds is 0. The molecule has 0 aliphatic heterocycles. The van der Waals surface area contributed by atoms with Gasteiger partial charge in [-0.3, -0.25) is 0 Å². The van der Waals surface area contributed by atoms with Crippen LogP contribution in [-0.4, -0.2) is 0 Å². The number of fused-ring (bicyclic) bond motifs is 3. The van der Waals surface area contributed by atoms with Crippen LogP contribution in [-0.2, 0) is 0 Å². The average Bonchev–Trinajstić information content (AvgIpc) is 2.36. The van der Waals surface area contributed by atoms with E-state index in [9.17, 15) is 0 Å². The Morgan fingerprint density at radius 1 is 0.500 bits per heavy atom. The largest absolute Gasteiger partial charge is 0.0616 e. The molecule has 3 rings (SSSR count). The molecule has 0 spiro atoms. The summed E-state index contributed by atoms with van der Waals surface area (Å²) >= 11 is 0. The third-order valence-corrected chi connectivity index (χ3v) is 3.01. The molecule has 3 aromatic rings. The maximum atomic E-state index is 6.06. The highest BCUT2D eigenvalue weighted by atomic mass is 14.1. The number of benzene rings is 3. The number of hydrogen-bond acceptors (Lipinski definition) is 0. The van der Waals surface area contributed by atoms with Crippen molar-refractivity contribution in [3.8, 4) is 0 Å². The lowest BCUT2D eigenvalue weighted by Gasteiger charge is -2.10. The van der Waals surface area contributed by atoms with Crippen molar-refractivity contribution in [3.63, 3.8) is 0 Å². The molecule has 0 nitrogen and oxygen atoms in total. The molecule has 0 aliphatic carbocycles. The lowest BCUT2D eigenvalue weighted by atomic mass is 9.93. The van der Waals surface area contributed by atoms with Gasteiger partial charge in [0.2, 0.25) is 0 Å². The smallest absolute Gasteiger partial charge is 0.000215 e. The van der Waals surface area contributed by atoms with E-state index >= 15 is 0 Å². The Labute approximate surface area is 95.5 Å². The van der Waals surface area contributed by atoms with Crippen LogP contribution in [0.25, 0.3) is 21.5 Å². The van der Waals surface area contributed by atoms with E-state index in [1.54, 1.807) is 0 Å². The quantitative estimate of drug-likeness (QED) is 0.481. The first-order valence-electron chi connectivity index (χ1n) is 5.23. The maximum Gasteiger partial charge on any atom is -0.000215 e. The van der Waals surface area contributed by atoms with Crippen LogP contribution >= 0.6 is 0 Å². The summed E-state index contributed by atoms with van der Waals surface area (Å²) < 4.78 is 0. The summed E-state index contributed by atoms with van der Waals surface area (Å²) in [6.45, 7) is 12.1. The van der Waals surface area contributed by atoms with Gasteiger partial charge in [-0.15, -0.1) is 0 Å². The molecule has 0 amide bonds. The molecule has 4 radical (unpaired) electrons. The van der Waals surface area contributed by atoms with E-state index in [1.165, 1.54) is 0 Å². The van der Waals surface area contributed by atoms with Crippen LogP contribution in [0.2, 0.25) is 0 Å². The maximum absolute atomic E-state index is 6.06. The Balaban J connectivity index is 2.69. The van der Waals surface area contributed by atoms with Crippen LogP contribution in [0.4, 0.5) is 0 Å². The standard InChI is InChI=1S/C16H10/c1-11-12(2)14-8-4-6-10-16(14)15-9-5-3-7-13(11)15/h1-10H. The highest BCUT2D eigenvalue weighted by Gasteiger charge is 2.07. The Hall–Kier alpha value is -1.82. The predicted molar refractivity (Wildman–Crippen MR) is 68.3 cm³/mol. The van der Waals surface area contributed by atoms with Crippen molar-refractivity contribution >= 4 is 21.5 Å². The molecule has 74 valence electrons. The SMILES string of the molecule is [CH]c1c([CH])c2ccccc2c2ccccc12. The summed E-state index contributed by atoms with van der Waals surface area (Å²) in [6, 6.07) is 16.2. The van der Waals surface area contributed by atoms with Gasteiger partial charge in [0.25, 0.3) is 0 Å². The van der Waals surface area contributed by atoms with Crippen molar-refractivity contribution in [3.05, 3.63) is 73.5 Å². The van der Waals surface area contributed by atoms with E-state index in [0.717, 1.165) is 21.5 Å². The van der Waals surface area contributed by atoms with Gasteiger partial charge < -0.3 is 0 Å². The zero-order valence-corrected chi connectivity index (χ0v) is 8.77. The topological polar surface area (TPSA) is 0 Å². The molecule has 0 unspecified atom stereocenters. The van der Waals surface area contributed by atoms with Crippen molar-refractivity contribution < 1.29 is 0 Å². The molecule has 16 heavy (non-hydrogen) atoms. The van der Waals surface area contributed by atoms with Crippen LogP contribution < -0.4 is 0 Å². The first-order valence-corrected chi connectivity index (χ1v) is 5.23. The Kier molecular flexibility index (Phi) is 1.97. The monoisotopic (exact) mass is 202 g/mol. The van der Waals surface area contributed by atoms with E-state index in [2.05, 4.69) is 12.1 Å². The van der Waals surface area contributed by atoms with Gasteiger partial charge in [0.1, 0.15) is 0 Å². The fraction of sp³-hybridized carbons (Fsp3) is 0. The normalized spacial score (nSPS) is 11.1. The van der Waals surface area contributed by atoms with Crippen molar-refractivity contribution in [2.75, 3.05) is 0 Å². The van der Waals surface area contributed by atoms with Crippen LogP contribution in [0.5, 0.6) is 0 Å². The molecular formula is C16H10. The molecule has 0 saturated heterocycles. The highest BCUT2D eigenvalue weighted by molar-refractivity contribution is 6.11. The van der Waals surface area contributed by atoms with Gasteiger partial charge in [0, 0.05) is 0 Å². The van der Waals surface area contributed by atoms with E-state index in [4.69, 9.17) is 13.8 Å². The van der Waals surface area contributed by atoms with Crippen LogP contribution in [0.1, 0.15) is 11.1 Å². The summed E-state index contributed by atoms with van der Waals surface area (Å²) in [4.78, 5) is 0. The fourth-order valence-electron chi connectivity index (χ4n) is 2.20. The van der Waals surface area contributed by atoms with Crippen molar-refractivity contribution in [1.29, 1.82) is 0 Å². The minimum atomic E-state index is 0.675. The molecular weight excluding hydrogens is 192 g/mol. The molecule has 3 aromatic carbocycles. The second-order valence-electron chi connectivity index (χ2n) is 3.92. The van der Waals surface area contributed by atoms with Crippen molar-refractivity contribution in [1.82, 2.24) is 0 Å². The third-order valence-electron chi connectivity index (χ3n) is 3.01. The number of hydrogen-bond donors (Lipinski definition) is 0. The minimum absolute atomic E-state index is 0.675. The molecule has 0 heterocycles. The summed E-state index contributed by atoms with van der Waals surface area (Å²) in [5.74, 6) is 0. The van der Waals surface area contributed by atoms with Gasteiger partial charge in [0.15, 0.2) is 0 Å². The minimum Gasteiger partial charge on any atom is -0.0616 e. The van der Waals surface area contributed by atoms with Gasteiger partial charge in [-0.2, -0.15) is 0 Å². The zero-order valence-electron chi connectivity index (χ0n) is 8.77. The molecule has 0 saturated carbocycles. The Morgan fingerprint density at radius 3 is 1.19 bits per heavy atom. The molecule has 0 aromatic heterocycles. The van der Waals surface area contributed by atoms with Gasteiger partial charge in [0.05, 0.1) is 0 Å². The second-order valence-corrected chi connectivity index (χ2v) is 3.92. The molecule has 0 bridgehead atoms. The lowest BCUT2D eigenvalue weighted by molar-refractivity contribution is 1.63. The molecule has 0 fully saturated rings. The zero-order chi connectivity index (χ0) is 11.1. The average molecular weight is 202 g/mol. The molecule has 0 N–H and O–H groups in total. The molecule has 0 heteroatoms. The second kappa shape index (κ2) is 3.34. The predicted octanol–water partition coefficient (Wildman–Crippen LogP) is 4.11. The summed E-state index contributed by atoms with van der Waals surface area (Å²) in [6.07, 6.45) is 0.